The van der Waals surface area contributed by atoms with Crippen molar-refractivity contribution in [3.05, 3.63) is 108 Å². The van der Waals surface area contributed by atoms with E-state index in [1.165, 1.54) is 14.2 Å². The van der Waals surface area contributed by atoms with Crippen molar-refractivity contribution in [1.82, 2.24) is 11.5 Å². The Morgan fingerprint density at radius 3 is 1.68 bits per heavy atom. The van der Waals surface area contributed by atoms with Crippen LogP contribution in [0.5, 0.6) is 0 Å². The predicted molar refractivity (Wildman–Crippen MR) is 142 cm³/mol. The van der Waals surface area contributed by atoms with Gasteiger partial charge >= 0.3 is 11.9 Å². The van der Waals surface area contributed by atoms with Gasteiger partial charge in [0.1, 0.15) is 10.4 Å². The van der Waals surface area contributed by atoms with Crippen molar-refractivity contribution in [1.29, 1.82) is 0 Å². The third kappa shape index (κ3) is 5.84. The fourth-order valence-electron chi connectivity index (χ4n) is 4.51. The molecule has 2 aliphatic carbocycles. The summed E-state index contributed by atoms with van der Waals surface area (Å²) in [6.45, 7) is 0. The van der Waals surface area contributed by atoms with Crippen molar-refractivity contribution in [2.24, 2.45) is 0 Å². The molecule has 0 aromatic heterocycles. The Bertz CT molecular complexity index is 1220. The zero-order valence-corrected chi connectivity index (χ0v) is 21.6. The summed E-state index contributed by atoms with van der Waals surface area (Å²) in [5, 5.41) is 2.87. The summed E-state index contributed by atoms with van der Waals surface area (Å²) in [6, 6.07) is 28.4. The number of hydrogen-bond donors (Lipinski definition) is 2. The minimum Gasteiger partial charge on any atom is -0.468 e. The molecule has 37 heavy (non-hydrogen) atoms. The molecular weight excluding hydrogens is 492 g/mol. The van der Waals surface area contributed by atoms with E-state index in [9.17, 15) is 14.4 Å². The number of benzene rings is 3. The molecule has 2 fully saturated rings. The van der Waals surface area contributed by atoms with E-state index in [1.807, 2.05) is 66.7 Å². The molecule has 7 nitrogen and oxygen atoms in total. The number of halogens is 1. The molecule has 0 spiro atoms. The van der Waals surface area contributed by atoms with Gasteiger partial charge in [0.05, 0.1) is 14.2 Å². The van der Waals surface area contributed by atoms with Crippen molar-refractivity contribution < 1.29 is 23.9 Å². The van der Waals surface area contributed by atoms with Gasteiger partial charge in [-0.1, -0.05) is 78.9 Å². The maximum Gasteiger partial charge on any atom is 0.332 e. The second kappa shape index (κ2) is 11.6. The number of amides is 1. The molecule has 0 aliphatic heterocycles. The van der Waals surface area contributed by atoms with Gasteiger partial charge in [-0.25, -0.2) is 4.79 Å². The van der Waals surface area contributed by atoms with Crippen LogP contribution in [-0.2, 0) is 19.1 Å². The summed E-state index contributed by atoms with van der Waals surface area (Å²) in [7, 11) is 2.71. The Hall–Kier alpha value is -3.68. The van der Waals surface area contributed by atoms with Crippen LogP contribution in [0.4, 0.5) is 0 Å². The Kier molecular flexibility index (Phi) is 8.73. The second-order valence-electron chi connectivity index (χ2n) is 8.97. The maximum absolute atomic E-state index is 12.4. The molecule has 4 N–H and O–H groups in total. The lowest BCUT2D eigenvalue weighted by Gasteiger charge is -2.17. The molecule has 4 atom stereocenters. The number of esters is 2. The van der Waals surface area contributed by atoms with Crippen molar-refractivity contribution in [3.63, 3.8) is 0 Å². The van der Waals surface area contributed by atoms with E-state index in [1.54, 1.807) is 24.3 Å². The molecule has 2 aliphatic rings. The molecule has 194 valence electrons. The third-order valence-corrected chi connectivity index (χ3v) is 7.28. The number of hydrogen-bond acceptors (Lipinski definition) is 6. The van der Waals surface area contributed by atoms with E-state index in [0.29, 0.717) is 18.4 Å². The van der Waals surface area contributed by atoms with Crippen LogP contribution < -0.4 is 11.5 Å². The average Bonchev–Trinajstić information content (AvgIpc) is 3.84. The van der Waals surface area contributed by atoms with Crippen LogP contribution in [0, 0.1) is 0 Å². The Morgan fingerprint density at radius 2 is 1.19 bits per heavy atom. The summed E-state index contributed by atoms with van der Waals surface area (Å²) < 4.78 is 9.57. The highest BCUT2D eigenvalue weighted by Crippen LogP contribution is 2.57. The lowest BCUT2D eigenvalue weighted by atomic mass is 10.1. The first kappa shape index (κ1) is 27.9. The van der Waals surface area contributed by atoms with Crippen molar-refractivity contribution in [3.8, 4) is 0 Å². The second-order valence-corrected chi connectivity index (χ2v) is 9.65. The first-order chi connectivity index (χ1) is 17.4. The van der Waals surface area contributed by atoms with Gasteiger partial charge in [-0.05, 0) is 36.1 Å². The van der Waals surface area contributed by atoms with Gasteiger partial charge in [-0.2, -0.15) is 0 Å². The SMILES string of the molecule is COC(=O)C1(NC(=O)c2ccccc2)CC1c1ccccc1.COC(=O)[C@@]1(Cl)CC1c1ccccc1.N. The number of rotatable bonds is 6. The summed E-state index contributed by atoms with van der Waals surface area (Å²) in [5.74, 6) is -0.922. The molecule has 0 heterocycles. The number of carbonyl (C=O) groups is 3. The fourth-order valence-corrected chi connectivity index (χ4v) is 4.87. The van der Waals surface area contributed by atoms with E-state index in [2.05, 4.69) is 10.1 Å². The average molecular weight is 523 g/mol. The van der Waals surface area contributed by atoms with Crippen molar-refractivity contribution in [2.45, 2.75) is 35.1 Å². The van der Waals surface area contributed by atoms with Gasteiger partial charge in [0, 0.05) is 17.4 Å². The van der Waals surface area contributed by atoms with Crippen LogP contribution in [0.3, 0.4) is 0 Å². The minimum atomic E-state index is -0.955. The maximum atomic E-state index is 12.4. The number of carbonyl (C=O) groups excluding carboxylic acids is 3. The normalized spacial score (nSPS) is 24.7. The Balaban J connectivity index is 0.000000220. The van der Waals surface area contributed by atoms with Crippen molar-refractivity contribution >= 4 is 29.4 Å². The largest absolute Gasteiger partial charge is 0.468 e. The fraction of sp³-hybridized carbons (Fsp3) is 0.276. The summed E-state index contributed by atoms with van der Waals surface area (Å²) in [6.07, 6.45) is 1.23. The van der Waals surface area contributed by atoms with Gasteiger partial charge in [0.25, 0.3) is 5.91 Å². The molecule has 5 rings (SSSR count). The van der Waals surface area contributed by atoms with E-state index < -0.39 is 16.4 Å². The Morgan fingerprint density at radius 1 is 0.730 bits per heavy atom. The monoisotopic (exact) mass is 522 g/mol. The molecule has 3 unspecified atom stereocenters. The predicted octanol–water partition coefficient (Wildman–Crippen LogP) is 5.00. The molecule has 3 aromatic rings. The third-order valence-electron chi connectivity index (χ3n) is 6.71. The highest BCUT2D eigenvalue weighted by Gasteiger charge is 2.63. The number of methoxy groups -OCH3 is 2. The molecule has 0 saturated heterocycles. The topological polar surface area (TPSA) is 117 Å². The van der Waals surface area contributed by atoms with Crippen LogP contribution in [0.15, 0.2) is 91.0 Å². The first-order valence-electron chi connectivity index (χ1n) is 11.7. The van der Waals surface area contributed by atoms with E-state index in [-0.39, 0.29) is 29.9 Å². The van der Waals surface area contributed by atoms with Gasteiger partial charge in [-0.15, -0.1) is 11.6 Å². The minimum absolute atomic E-state index is 0. The van der Waals surface area contributed by atoms with Crippen LogP contribution in [0.1, 0.15) is 46.2 Å². The molecule has 3 aromatic carbocycles. The molecule has 0 bridgehead atoms. The molecular formula is C29H31ClN2O5. The van der Waals surface area contributed by atoms with Crippen molar-refractivity contribution in [2.75, 3.05) is 14.2 Å². The summed E-state index contributed by atoms with van der Waals surface area (Å²) >= 11 is 6.12. The zero-order valence-electron chi connectivity index (χ0n) is 20.9. The summed E-state index contributed by atoms with van der Waals surface area (Å²) in [4.78, 5) is 35.1. The lowest BCUT2D eigenvalue weighted by molar-refractivity contribution is -0.144. The lowest BCUT2D eigenvalue weighted by Crippen LogP contribution is -2.45. The van der Waals surface area contributed by atoms with Crippen LogP contribution >= 0.6 is 11.6 Å². The number of nitrogens with one attached hydrogen (secondary N) is 1. The van der Waals surface area contributed by atoms with E-state index in [0.717, 1.165) is 11.1 Å². The Labute approximate surface area is 221 Å². The first-order valence-corrected chi connectivity index (χ1v) is 12.1. The highest BCUT2D eigenvalue weighted by molar-refractivity contribution is 6.37. The number of ether oxygens (including phenoxy) is 2. The molecule has 8 heteroatoms. The van der Waals surface area contributed by atoms with Crippen LogP contribution in [0.25, 0.3) is 0 Å². The van der Waals surface area contributed by atoms with E-state index in [4.69, 9.17) is 16.3 Å². The van der Waals surface area contributed by atoms with Gasteiger partial charge < -0.3 is 20.9 Å². The van der Waals surface area contributed by atoms with E-state index >= 15 is 0 Å². The number of alkyl halides is 1. The van der Waals surface area contributed by atoms with Gasteiger partial charge in [0.15, 0.2) is 0 Å². The summed E-state index contributed by atoms with van der Waals surface area (Å²) in [5.41, 5.74) is 1.71. The van der Waals surface area contributed by atoms with Gasteiger partial charge in [-0.3, -0.25) is 9.59 Å². The standard InChI is InChI=1S/C18H17NO3.C11H11ClO2.H3N/c1-22-17(21)18(12-15(18)13-8-4-2-5-9-13)19-16(20)14-10-6-3-7-11-14;1-14-10(13)11(12)7-9(11)8-5-3-2-4-6-8;/h2-11,15H,12H2,1H3,(H,19,20);2-6,9H,7H2,1H3;1H3/t;9?,11-;/m.1./s1. The highest BCUT2D eigenvalue weighted by atomic mass is 35.5. The molecule has 2 saturated carbocycles. The molecule has 0 radical (unpaired) electrons. The van der Waals surface area contributed by atoms with Crippen LogP contribution in [0.2, 0.25) is 0 Å². The quantitative estimate of drug-likeness (QED) is 0.347. The van der Waals surface area contributed by atoms with Crippen LogP contribution in [-0.4, -0.2) is 42.5 Å². The zero-order chi connectivity index (χ0) is 25.8. The van der Waals surface area contributed by atoms with Gasteiger partial charge in [0.2, 0.25) is 0 Å². The molecule has 1 amide bonds. The smallest absolute Gasteiger partial charge is 0.332 e.